The van der Waals surface area contributed by atoms with E-state index in [-0.39, 0.29) is 17.5 Å². The number of aliphatic carboxylic acids is 1. The summed E-state index contributed by atoms with van der Waals surface area (Å²) < 4.78 is 5.05. The molecule has 0 saturated heterocycles. The molecular formula is C19H22N2O4. The molecule has 0 aliphatic heterocycles. The van der Waals surface area contributed by atoms with Crippen molar-refractivity contribution in [3.63, 3.8) is 0 Å². The highest BCUT2D eigenvalue weighted by Crippen LogP contribution is 2.24. The zero-order valence-corrected chi connectivity index (χ0v) is 14.2. The van der Waals surface area contributed by atoms with Gasteiger partial charge in [0.1, 0.15) is 17.4 Å². The first kappa shape index (κ1) is 18.5. The Morgan fingerprint density at radius 1 is 1.32 bits per heavy atom. The summed E-state index contributed by atoms with van der Waals surface area (Å²) in [7, 11) is 0. The maximum Gasteiger partial charge on any atom is 0.341 e. The summed E-state index contributed by atoms with van der Waals surface area (Å²) in [6.07, 6.45) is 5.84. The van der Waals surface area contributed by atoms with Crippen LogP contribution in [0.3, 0.4) is 0 Å². The van der Waals surface area contributed by atoms with Crippen molar-refractivity contribution < 1.29 is 19.4 Å². The number of carboxylic acids is 1. The molecule has 6 nitrogen and oxygen atoms in total. The molecule has 1 saturated carbocycles. The van der Waals surface area contributed by atoms with Crippen molar-refractivity contribution in [2.45, 2.75) is 38.6 Å². The summed E-state index contributed by atoms with van der Waals surface area (Å²) in [5.41, 5.74) is 0.725. The second-order valence-corrected chi connectivity index (χ2v) is 6.26. The van der Waals surface area contributed by atoms with Crippen molar-refractivity contribution in [1.29, 1.82) is 5.26 Å². The Bertz CT molecular complexity index is 688. The number of hydrogen-bond acceptors (Lipinski definition) is 4. The molecule has 0 bridgehead atoms. The van der Waals surface area contributed by atoms with Crippen LogP contribution in [0, 0.1) is 17.2 Å². The van der Waals surface area contributed by atoms with Gasteiger partial charge in [0.15, 0.2) is 6.61 Å². The topological polar surface area (TPSA) is 99.4 Å². The van der Waals surface area contributed by atoms with Gasteiger partial charge in [0.2, 0.25) is 0 Å². The number of nitrogens with one attached hydrogen (secondary N) is 1. The van der Waals surface area contributed by atoms with Crippen molar-refractivity contribution in [3.8, 4) is 11.8 Å². The highest BCUT2D eigenvalue weighted by Gasteiger charge is 2.23. The van der Waals surface area contributed by atoms with Crippen LogP contribution in [0.4, 0.5) is 0 Å². The van der Waals surface area contributed by atoms with E-state index in [1.165, 1.54) is 12.5 Å². The van der Waals surface area contributed by atoms with E-state index in [1.54, 1.807) is 24.3 Å². The molecule has 2 atom stereocenters. The van der Waals surface area contributed by atoms with Crippen LogP contribution in [-0.4, -0.2) is 29.6 Å². The van der Waals surface area contributed by atoms with Gasteiger partial charge < -0.3 is 15.2 Å². The molecule has 0 heterocycles. The van der Waals surface area contributed by atoms with Crippen LogP contribution in [0.2, 0.25) is 0 Å². The summed E-state index contributed by atoms with van der Waals surface area (Å²) in [6.45, 7) is 1.70. The normalized spacial score (nSPS) is 20.4. The van der Waals surface area contributed by atoms with E-state index >= 15 is 0 Å². The van der Waals surface area contributed by atoms with Crippen molar-refractivity contribution in [2.75, 3.05) is 6.61 Å². The van der Waals surface area contributed by atoms with Gasteiger partial charge in [0.25, 0.3) is 5.91 Å². The van der Waals surface area contributed by atoms with Crippen molar-refractivity contribution in [2.24, 2.45) is 5.92 Å². The summed E-state index contributed by atoms with van der Waals surface area (Å²) in [4.78, 5) is 22.8. The molecule has 6 heteroatoms. The number of carbonyl (C=O) groups excluding carboxylic acids is 1. The van der Waals surface area contributed by atoms with Crippen molar-refractivity contribution in [1.82, 2.24) is 5.32 Å². The molecular weight excluding hydrogens is 320 g/mol. The lowest BCUT2D eigenvalue weighted by Crippen LogP contribution is -2.41. The van der Waals surface area contributed by atoms with E-state index in [0.717, 1.165) is 19.3 Å². The molecule has 25 heavy (non-hydrogen) atoms. The van der Waals surface area contributed by atoms with E-state index in [0.29, 0.717) is 17.2 Å². The molecule has 1 aromatic rings. The van der Waals surface area contributed by atoms with Gasteiger partial charge in [-0.2, -0.15) is 5.26 Å². The maximum absolute atomic E-state index is 12.3. The smallest absolute Gasteiger partial charge is 0.341 e. The number of benzene rings is 1. The third-order valence-electron chi connectivity index (χ3n) is 4.35. The first-order chi connectivity index (χ1) is 12.0. The quantitative estimate of drug-likeness (QED) is 0.612. The van der Waals surface area contributed by atoms with Crippen molar-refractivity contribution in [3.05, 3.63) is 35.4 Å². The molecule has 1 aliphatic carbocycles. The lowest BCUT2D eigenvalue weighted by molar-refractivity contribution is -0.139. The minimum absolute atomic E-state index is 0.0528. The Morgan fingerprint density at radius 3 is 2.60 bits per heavy atom. The fourth-order valence-electron chi connectivity index (χ4n) is 2.90. The zero-order chi connectivity index (χ0) is 18.2. The van der Waals surface area contributed by atoms with Crippen LogP contribution in [0.5, 0.6) is 5.75 Å². The van der Waals surface area contributed by atoms with Crippen LogP contribution in [0.25, 0.3) is 6.08 Å². The molecule has 0 spiro atoms. The summed E-state index contributed by atoms with van der Waals surface area (Å²) >= 11 is 0. The Hall–Kier alpha value is -2.81. The lowest BCUT2D eigenvalue weighted by atomic mass is 9.86. The van der Waals surface area contributed by atoms with Gasteiger partial charge in [-0.25, -0.2) is 4.79 Å². The Morgan fingerprint density at radius 2 is 2.00 bits per heavy atom. The summed E-state index contributed by atoms with van der Waals surface area (Å²) in [6, 6.07) is 8.61. The fourth-order valence-corrected chi connectivity index (χ4v) is 2.90. The van der Waals surface area contributed by atoms with Crippen molar-refractivity contribution >= 4 is 18.0 Å². The molecule has 1 aromatic carbocycles. The van der Waals surface area contributed by atoms with Gasteiger partial charge in [-0.1, -0.05) is 31.9 Å². The number of nitriles is 1. The molecule has 2 N–H and O–H groups in total. The van der Waals surface area contributed by atoms with E-state index in [2.05, 4.69) is 12.2 Å². The van der Waals surface area contributed by atoms with Crippen LogP contribution in [-0.2, 0) is 9.59 Å². The lowest BCUT2D eigenvalue weighted by Gasteiger charge is -2.29. The molecule has 2 rings (SSSR count). The maximum atomic E-state index is 12.3. The van der Waals surface area contributed by atoms with E-state index in [4.69, 9.17) is 9.84 Å². The van der Waals surface area contributed by atoms with Gasteiger partial charge in [-0.05, 0) is 42.5 Å². The second kappa shape index (κ2) is 8.88. The van der Waals surface area contributed by atoms with Crippen LogP contribution >= 0.6 is 0 Å². The number of nitrogens with zero attached hydrogens (tertiary/aromatic N) is 1. The average molecular weight is 342 g/mol. The predicted octanol–water partition coefficient (Wildman–Crippen LogP) is 2.75. The van der Waals surface area contributed by atoms with Gasteiger partial charge in [0, 0.05) is 6.04 Å². The number of amides is 1. The monoisotopic (exact) mass is 342 g/mol. The first-order valence-electron chi connectivity index (χ1n) is 8.37. The molecule has 132 valence electrons. The van der Waals surface area contributed by atoms with E-state index in [1.807, 2.05) is 6.07 Å². The molecule has 1 aliphatic rings. The number of carbonyl (C=O) groups is 2. The summed E-state index contributed by atoms with van der Waals surface area (Å²) in [5.74, 6) is -0.571. The van der Waals surface area contributed by atoms with Crippen LogP contribution in [0.1, 0.15) is 38.2 Å². The number of carboxylic acid groups (broad SMARTS) is 1. The highest BCUT2D eigenvalue weighted by molar-refractivity contribution is 6.01. The van der Waals surface area contributed by atoms with E-state index < -0.39 is 12.6 Å². The molecule has 1 amide bonds. The third-order valence-corrected chi connectivity index (χ3v) is 4.35. The Kier molecular flexibility index (Phi) is 6.58. The number of hydrogen-bond donors (Lipinski definition) is 2. The van der Waals surface area contributed by atoms with Gasteiger partial charge in [-0.3, -0.25) is 4.79 Å². The average Bonchev–Trinajstić information content (AvgIpc) is 2.60. The molecule has 1 fully saturated rings. The van der Waals surface area contributed by atoms with Gasteiger partial charge in [-0.15, -0.1) is 0 Å². The minimum Gasteiger partial charge on any atom is -0.482 e. The third kappa shape index (κ3) is 5.64. The zero-order valence-electron chi connectivity index (χ0n) is 14.2. The van der Waals surface area contributed by atoms with E-state index in [9.17, 15) is 14.9 Å². The van der Waals surface area contributed by atoms with Gasteiger partial charge >= 0.3 is 5.97 Å². The van der Waals surface area contributed by atoms with Gasteiger partial charge in [0.05, 0.1) is 0 Å². The predicted molar refractivity (Wildman–Crippen MR) is 92.7 cm³/mol. The number of ether oxygens (including phenoxy) is 1. The Balaban J connectivity index is 2.02. The molecule has 0 aromatic heterocycles. The summed E-state index contributed by atoms with van der Waals surface area (Å²) in [5, 5.41) is 20.8. The molecule has 0 radical (unpaired) electrons. The first-order valence-corrected chi connectivity index (χ1v) is 8.37. The largest absolute Gasteiger partial charge is 0.482 e. The number of rotatable bonds is 6. The Labute approximate surface area is 147 Å². The fraction of sp³-hybridized carbons (Fsp3) is 0.421. The minimum atomic E-state index is -1.05. The SMILES string of the molecule is CC1CCCCC1NC(=O)/C(C#N)=C/c1ccc(OCC(=O)O)cc1. The molecule has 2 unspecified atom stereocenters. The van der Waals surface area contributed by atoms with Crippen LogP contribution in [0.15, 0.2) is 29.8 Å². The highest BCUT2D eigenvalue weighted by atomic mass is 16.5. The van der Waals surface area contributed by atoms with Crippen LogP contribution < -0.4 is 10.1 Å². The second-order valence-electron chi connectivity index (χ2n) is 6.26. The standard InChI is InChI=1S/C19H22N2O4/c1-13-4-2-3-5-17(13)21-19(24)15(11-20)10-14-6-8-16(9-7-14)25-12-18(22)23/h6-10,13,17H,2-5,12H2,1H3,(H,21,24)(H,22,23)/b15-10+.